The summed E-state index contributed by atoms with van der Waals surface area (Å²) in [7, 11) is 0. The monoisotopic (exact) mass is 239 g/mol. The predicted molar refractivity (Wildman–Crippen MR) is 73.7 cm³/mol. The summed E-state index contributed by atoms with van der Waals surface area (Å²) >= 11 is 0. The van der Waals surface area contributed by atoms with E-state index in [9.17, 15) is 4.79 Å². The third-order valence-corrected chi connectivity index (χ3v) is 3.98. The molecule has 2 aromatic rings. The Hall–Kier alpha value is -1.67. The molecule has 2 heteroatoms. The molecule has 0 aliphatic heterocycles. The van der Waals surface area contributed by atoms with Crippen molar-refractivity contribution in [2.75, 3.05) is 0 Å². The van der Waals surface area contributed by atoms with Gasteiger partial charge in [-0.05, 0) is 23.6 Å². The third kappa shape index (κ3) is 1.73. The molecule has 0 aromatic heterocycles. The van der Waals surface area contributed by atoms with Crippen LogP contribution in [-0.2, 0) is 0 Å². The first-order valence-electron chi connectivity index (χ1n) is 6.52. The van der Waals surface area contributed by atoms with E-state index in [-0.39, 0.29) is 5.78 Å². The molecule has 0 unspecified atom stereocenters. The minimum atomic E-state index is -0.635. The second-order valence-electron chi connectivity index (χ2n) is 5.22. The van der Waals surface area contributed by atoms with Crippen LogP contribution in [0.3, 0.4) is 0 Å². The Morgan fingerprint density at radius 3 is 2.44 bits per heavy atom. The lowest BCUT2D eigenvalue weighted by molar-refractivity contribution is 0.0894. The summed E-state index contributed by atoms with van der Waals surface area (Å²) in [6, 6.07) is 13.9. The molecule has 0 heterocycles. The first-order chi connectivity index (χ1) is 8.71. The molecule has 1 aliphatic rings. The van der Waals surface area contributed by atoms with Gasteiger partial charge < -0.3 is 5.73 Å². The molecule has 2 N–H and O–H groups in total. The highest BCUT2D eigenvalue weighted by Crippen LogP contribution is 2.32. The summed E-state index contributed by atoms with van der Waals surface area (Å²) in [6.45, 7) is 0. The number of ketones is 1. The molecule has 0 spiro atoms. The average molecular weight is 239 g/mol. The maximum Gasteiger partial charge on any atom is 0.183 e. The molecule has 92 valence electrons. The zero-order chi connectivity index (χ0) is 12.6. The fourth-order valence-corrected chi connectivity index (χ4v) is 2.92. The Morgan fingerprint density at radius 2 is 1.67 bits per heavy atom. The van der Waals surface area contributed by atoms with Crippen molar-refractivity contribution in [1.82, 2.24) is 0 Å². The van der Waals surface area contributed by atoms with Gasteiger partial charge in [-0.15, -0.1) is 0 Å². The maximum absolute atomic E-state index is 12.7. The summed E-state index contributed by atoms with van der Waals surface area (Å²) in [4.78, 5) is 12.7. The van der Waals surface area contributed by atoms with Gasteiger partial charge in [0.25, 0.3) is 0 Å². The molecule has 0 saturated heterocycles. The summed E-state index contributed by atoms with van der Waals surface area (Å²) in [5.41, 5.74) is 6.42. The zero-order valence-corrected chi connectivity index (χ0v) is 10.4. The zero-order valence-electron chi connectivity index (χ0n) is 10.4. The molecule has 0 atom stereocenters. The minimum absolute atomic E-state index is 0.108. The highest BCUT2D eigenvalue weighted by molar-refractivity contribution is 6.12. The first-order valence-corrected chi connectivity index (χ1v) is 6.52. The molecule has 1 fully saturated rings. The molecular weight excluding hydrogens is 222 g/mol. The van der Waals surface area contributed by atoms with Gasteiger partial charge in [0.1, 0.15) is 0 Å². The predicted octanol–water partition coefficient (Wildman–Crippen LogP) is 3.29. The van der Waals surface area contributed by atoms with Gasteiger partial charge >= 0.3 is 0 Å². The van der Waals surface area contributed by atoms with Crippen LogP contribution in [-0.4, -0.2) is 11.3 Å². The normalized spacial score (nSPS) is 18.1. The number of carbonyl (C=O) groups excluding carboxylic acids is 1. The van der Waals surface area contributed by atoms with Crippen LogP contribution in [0.5, 0.6) is 0 Å². The minimum Gasteiger partial charge on any atom is -0.319 e. The van der Waals surface area contributed by atoms with E-state index in [0.29, 0.717) is 0 Å². The van der Waals surface area contributed by atoms with Gasteiger partial charge in [-0.2, -0.15) is 0 Å². The summed E-state index contributed by atoms with van der Waals surface area (Å²) in [5, 5.41) is 2.12. The van der Waals surface area contributed by atoms with E-state index < -0.39 is 5.54 Å². The van der Waals surface area contributed by atoms with Gasteiger partial charge in [0.05, 0.1) is 5.54 Å². The van der Waals surface area contributed by atoms with Gasteiger partial charge in [0.2, 0.25) is 0 Å². The average Bonchev–Trinajstić information content (AvgIpc) is 2.85. The summed E-state index contributed by atoms with van der Waals surface area (Å²) in [6.07, 6.45) is 3.75. The lowest BCUT2D eigenvalue weighted by atomic mass is 9.86. The Bertz CT molecular complexity index is 592. The highest BCUT2D eigenvalue weighted by atomic mass is 16.1. The van der Waals surface area contributed by atoms with E-state index in [1.54, 1.807) is 0 Å². The number of fused-ring (bicyclic) bond motifs is 1. The maximum atomic E-state index is 12.7. The van der Waals surface area contributed by atoms with Crippen molar-refractivity contribution in [3.8, 4) is 0 Å². The van der Waals surface area contributed by atoms with Gasteiger partial charge in [-0.3, -0.25) is 4.79 Å². The van der Waals surface area contributed by atoms with E-state index in [4.69, 9.17) is 5.73 Å². The molecule has 1 aliphatic carbocycles. The number of carbonyl (C=O) groups is 1. The summed E-state index contributed by atoms with van der Waals surface area (Å²) < 4.78 is 0. The van der Waals surface area contributed by atoms with Crippen LogP contribution in [0.1, 0.15) is 36.0 Å². The van der Waals surface area contributed by atoms with Crippen LogP contribution < -0.4 is 5.73 Å². The van der Waals surface area contributed by atoms with E-state index in [2.05, 4.69) is 0 Å². The van der Waals surface area contributed by atoms with Crippen LogP contribution >= 0.6 is 0 Å². The van der Waals surface area contributed by atoms with E-state index in [1.165, 1.54) is 0 Å². The summed E-state index contributed by atoms with van der Waals surface area (Å²) in [5.74, 6) is 0.108. The highest BCUT2D eigenvalue weighted by Gasteiger charge is 2.37. The topological polar surface area (TPSA) is 43.1 Å². The van der Waals surface area contributed by atoms with Crippen LogP contribution in [0.2, 0.25) is 0 Å². The SMILES string of the molecule is NC1(C(=O)c2cccc3ccccc23)CCCC1. The molecule has 1 saturated carbocycles. The number of Topliss-reactive ketones (excluding diaryl/α,β-unsaturated/α-hetero) is 1. The Balaban J connectivity index is 2.12. The van der Waals surface area contributed by atoms with Gasteiger partial charge in [-0.1, -0.05) is 55.3 Å². The number of rotatable bonds is 2. The fraction of sp³-hybridized carbons (Fsp3) is 0.312. The van der Waals surface area contributed by atoms with Crippen molar-refractivity contribution in [3.63, 3.8) is 0 Å². The number of hydrogen-bond donors (Lipinski definition) is 1. The second kappa shape index (κ2) is 4.21. The van der Waals surface area contributed by atoms with Crippen LogP contribution in [0.15, 0.2) is 42.5 Å². The molecule has 3 rings (SSSR count). The van der Waals surface area contributed by atoms with Crippen LogP contribution in [0.25, 0.3) is 10.8 Å². The van der Waals surface area contributed by atoms with Crippen molar-refractivity contribution in [1.29, 1.82) is 0 Å². The smallest absolute Gasteiger partial charge is 0.183 e. The fourth-order valence-electron chi connectivity index (χ4n) is 2.92. The standard InChI is InChI=1S/C16H17NO/c17-16(10-3-4-11-16)15(18)14-9-5-7-12-6-1-2-8-13(12)14/h1-2,5-9H,3-4,10-11,17H2. The van der Waals surface area contributed by atoms with Crippen LogP contribution in [0, 0.1) is 0 Å². The molecule has 0 radical (unpaired) electrons. The third-order valence-electron chi connectivity index (χ3n) is 3.98. The Kier molecular flexibility index (Phi) is 2.67. The quantitative estimate of drug-likeness (QED) is 0.817. The lowest BCUT2D eigenvalue weighted by Crippen LogP contribution is -2.45. The first kappa shape index (κ1) is 11.4. The van der Waals surface area contributed by atoms with Crippen molar-refractivity contribution < 1.29 is 4.79 Å². The van der Waals surface area contributed by atoms with E-state index in [1.807, 2.05) is 42.5 Å². The second-order valence-corrected chi connectivity index (χ2v) is 5.22. The van der Waals surface area contributed by atoms with E-state index in [0.717, 1.165) is 42.0 Å². The number of nitrogens with two attached hydrogens (primary N) is 1. The Labute approximate surface area is 107 Å². The molecule has 2 aromatic carbocycles. The molecule has 0 amide bonds. The van der Waals surface area contributed by atoms with Crippen molar-refractivity contribution in [2.24, 2.45) is 5.73 Å². The lowest BCUT2D eigenvalue weighted by Gasteiger charge is -2.22. The van der Waals surface area contributed by atoms with Crippen molar-refractivity contribution in [3.05, 3.63) is 48.0 Å². The Morgan fingerprint density at radius 1 is 1.00 bits per heavy atom. The largest absolute Gasteiger partial charge is 0.319 e. The number of benzene rings is 2. The van der Waals surface area contributed by atoms with E-state index >= 15 is 0 Å². The van der Waals surface area contributed by atoms with Crippen molar-refractivity contribution in [2.45, 2.75) is 31.2 Å². The molecule has 2 nitrogen and oxygen atoms in total. The molecule has 18 heavy (non-hydrogen) atoms. The van der Waals surface area contributed by atoms with Crippen molar-refractivity contribution >= 4 is 16.6 Å². The van der Waals surface area contributed by atoms with Gasteiger partial charge in [0, 0.05) is 5.56 Å². The molecular formula is C16H17NO. The van der Waals surface area contributed by atoms with Gasteiger partial charge in [0.15, 0.2) is 5.78 Å². The molecule has 0 bridgehead atoms. The van der Waals surface area contributed by atoms with Gasteiger partial charge in [-0.25, -0.2) is 0 Å². The van der Waals surface area contributed by atoms with Crippen LogP contribution in [0.4, 0.5) is 0 Å². The number of hydrogen-bond acceptors (Lipinski definition) is 2.